The van der Waals surface area contributed by atoms with Gasteiger partial charge in [0.1, 0.15) is 12.3 Å². The van der Waals surface area contributed by atoms with Gasteiger partial charge < -0.3 is 14.4 Å². The van der Waals surface area contributed by atoms with E-state index in [9.17, 15) is 0 Å². The van der Waals surface area contributed by atoms with Crippen LogP contribution in [0.2, 0.25) is 0 Å². The van der Waals surface area contributed by atoms with Gasteiger partial charge in [-0.25, -0.2) is 0 Å². The van der Waals surface area contributed by atoms with Crippen LogP contribution in [0, 0.1) is 0 Å². The second-order valence-corrected chi connectivity index (χ2v) is 7.77. The lowest BCUT2D eigenvalue weighted by atomic mass is 10.0. The minimum absolute atomic E-state index is 0.869. The number of allylic oxidation sites excluding steroid dienone is 1. The molecular formula is C27H31N2O2+. The number of anilines is 1. The summed E-state index contributed by atoms with van der Waals surface area (Å²) in [6.45, 7) is 6.32. The van der Waals surface area contributed by atoms with E-state index < -0.39 is 0 Å². The van der Waals surface area contributed by atoms with Gasteiger partial charge in [0, 0.05) is 41.9 Å². The number of benzene rings is 2. The molecule has 2 heterocycles. The van der Waals surface area contributed by atoms with E-state index in [0.717, 1.165) is 54.3 Å². The summed E-state index contributed by atoms with van der Waals surface area (Å²) in [5.74, 6) is 1.76. The van der Waals surface area contributed by atoms with Gasteiger partial charge >= 0.3 is 0 Å². The zero-order valence-corrected chi connectivity index (χ0v) is 18.9. The molecule has 0 aliphatic carbocycles. The van der Waals surface area contributed by atoms with Crippen LogP contribution in [-0.4, -0.2) is 20.8 Å². The van der Waals surface area contributed by atoms with Gasteiger partial charge in [0.25, 0.3) is 0 Å². The Hall–Kier alpha value is -3.27. The largest absolute Gasteiger partial charge is 0.497 e. The standard InChI is InChI=1S/C27H31N2O2/c1-5-16-28-18-15-23(22-9-7-8-10-25(22)28)27(31-4)26-13-11-20-19-21(30-3)12-14-24(20)29(26)17-6-2/h7-15,18-19H,5-6,16-17H2,1-4H3/q+1. The average molecular weight is 416 g/mol. The Balaban J connectivity index is 1.91. The molecule has 1 aromatic heterocycles. The van der Waals surface area contributed by atoms with Crippen molar-refractivity contribution in [3.05, 3.63) is 77.6 Å². The number of ether oxygens (including phenoxy) is 2. The van der Waals surface area contributed by atoms with Crippen molar-refractivity contribution in [3.63, 3.8) is 0 Å². The first-order chi connectivity index (χ1) is 15.2. The summed E-state index contributed by atoms with van der Waals surface area (Å²) in [7, 11) is 3.48. The van der Waals surface area contributed by atoms with E-state index in [1.165, 1.54) is 16.6 Å². The number of nitrogens with zero attached hydrogens (tertiary/aromatic N) is 2. The molecule has 0 atom stereocenters. The molecule has 0 spiro atoms. The van der Waals surface area contributed by atoms with Crippen LogP contribution in [0.4, 0.5) is 5.69 Å². The Morgan fingerprint density at radius 2 is 1.81 bits per heavy atom. The smallest absolute Gasteiger partial charge is 0.213 e. The summed E-state index contributed by atoms with van der Waals surface area (Å²) in [6, 6.07) is 17.0. The van der Waals surface area contributed by atoms with Crippen molar-refractivity contribution in [3.8, 4) is 5.75 Å². The summed E-state index contributed by atoms with van der Waals surface area (Å²) in [6.07, 6.45) is 8.63. The monoisotopic (exact) mass is 415 g/mol. The zero-order valence-electron chi connectivity index (χ0n) is 18.9. The Morgan fingerprint density at radius 1 is 0.968 bits per heavy atom. The van der Waals surface area contributed by atoms with Gasteiger partial charge in [-0.2, -0.15) is 4.57 Å². The maximum Gasteiger partial charge on any atom is 0.213 e. The van der Waals surface area contributed by atoms with E-state index >= 15 is 0 Å². The average Bonchev–Trinajstić information content (AvgIpc) is 2.81. The highest BCUT2D eigenvalue weighted by atomic mass is 16.5. The second kappa shape index (κ2) is 9.25. The van der Waals surface area contributed by atoms with Gasteiger partial charge in [-0.3, -0.25) is 0 Å². The van der Waals surface area contributed by atoms with Gasteiger partial charge in [-0.1, -0.05) is 32.1 Å². The van der Waals surface area contributed by atoms with Gasteiger partial charge in [0.2, 0.25) is 5.52 Å². The molecule has 2 aromatic carbocycles. The van der Waals surface area contributed by atoms with Crippen LogP contribution in [-0.2, 0) is 11.3 Å². The first kappa shape index (κ1) is 21.0. The molecule has 31 heavy (non-hydrogen) atoms. The number of rotatable bonds is 7. The fourth-order valence-electron chi connectivity index (χ4n) is 4.36. The molecule has 1 aliphatic rings. The van der Waals surface area contributed by atoms with Crippen molar-refractivity contribution in [2.45, 2.75) is 33.2 Å². The summed E-state index contributed by atoms with van der Waals surface area (Å²) >= 11 is 0. The van der Waals surface area contributed by atoms with E-state index in [1.54, 1.807) is 14.2 Å². The molecule has 0 radical (unpaired) electrons. The molecule has 3 aromatic rings. The van der Waals surface area contributed by atoms with E-state index in [0.29, 0.717) is 0 Å². The van der Waals surface area contributed by atoms with Crippen molar-refractivity contribution >= 4 is 28.4 Å². The van der Waals surface area contributed by atoms with E-state index in [4.69, 9.17) is 9.47 Å². The van der Waals surface area contributed by atoms with Crippen molar-refractivity contribution < 1.29 is 14.0 Å². The number of methoxy groups -OCH3 is 2. The fourth-order valence-corrected chi connectivity index (χ4v) is 4.36. The van der Waals surface area contributed by atoms with Crippen molar-refractivity contribution in [2.75, 3.05) is 25.7 Å². The zero-order chi connectivity index (χ0) is 21.8. The Kier molecular flexibility index (Phi) is 6.26. The third kappa shape index (κ3) is 3.90. The van der Waals surface area contributed by atoms with Crippen LogP contribution >= 0.6 is 0 Å². The van der Waals surface area contributed by atoms with Gasteiger partial charge in [0.15, 0.2) is 12.0 Å². The first-order valence-electron chi connectivity index (χ1n) is 11.0. The van der Waals surface area contributed by atoms with Gasteiger partial charge in [0.05, 0.1) is 25.3 Å². The molecule has 4 heteroatoms. The topological polar surface area (TPSA) is 25.6 Å². The van der Waals surface area contributed by atoms with Crippen LogP contribution in [0.5, 0.6) is 5.75 Å². The predicted octanol–water partition coefficient (Wildman–Crippen LogP) is 5.80. The van der Waals surface area contributed by atoms with E-state index in [2.05, 4.69) is 84.1 Å². The minimum Gasteiger partial charge on any atom is -0.497 e. The Labute approximate surface area is 185 Å². The predicted molar refractivity (Wildman–Crippen MR) is 128 cm³/mol. The normalized spacial score (nSPS) is 14.5. The molecule has 0 N–H and O–H groups in total. The van der Waals surface area contributed by atoms with Crippen LogP contribution in [0.15, 0.2) is 66.5 Å². The second-order valence-electron chi connectivity index (χ2n) is 7.77. The van der Waals surface area contributed by atoms with E-state index in [1.807, 2.05) is 6.07 Å². The number of hydrogen-bond donors (Lipinski definition) is 0. The summed E-state index contributed by atoms with van der Waals surface area (Å²) in [5.41, 5.74) is 5.76. The number of hydrogen-bond acceptors (Lipinski definition) is 3. The summed E-state index contributed by atoms with van der Waals surface area (Å²) in [4.78, 5) is 2.36. The van der Waals surface area contributed by atoms with E-state index in [-0.39, 0.29) is 0 Å². The Morgan fingerprint density at radius 3 is 2.55 bits per heavy atom. The summed E-state index contributed by atoms with van der Waals surface area (Å²) in [5, 5.41) is 1.20. The molecule has 0 saturated carbocycles. The van der Waals surface area contributed by atoms with Crippen LogP contribution in [0.1, 0.15) is 37.8 Å². The van der Waals surface area contributed by atoms with Gasteiger partial charge in [-0.05, 0) is 36.8 Å². The maximum atomic E-state index is 6.07. The lowest BCUT2D eigenvalue weighted by Crippen LogP contribution is -2.34. The van der Waals surface area contributed by atoms with Crippen LogP contribution in [0.3, 0.4) is 0 Å². The lowest BCUT2D eigenvalue weighted by Gasteiger charge is -2.32. The van der Waals surface area contributed by atoms with Gasteiger partial charge in [-0.15, -0.1) is 0 Å². The number of pyridine rings is 1. The fraction of sp³-hybridized carbons (Fsp3) is 0.296. The summed E-state index contributed by atoms with van der Waals surface area (Å²) < 4.78 is 13.8. The minimum atomic E-state index is 0.869. The van der Waals surface area contributed by atoms with Crippen molar-refractivity contribution in [2.24, 2.45) is 0 Å². The molecule has 0 unspecified atom stereocenters. The molecule has 1 aliphatic heterocycles. The lowest BCUT2D eigenvalue weighted by molar-refractivity contribution is -0.671. The van der Waals surface area contributed by atoms with Crippen molar-refractivity contribution in [1.82, 2.24) is 0 Å². The number of aryl methyl sites for hydroxylation is 1. The SMILES string of the molecule is CCCN1/C(=C(\OC)c2cc[n+](CCC)c3ccccc23)C=Cc2cc(OC)ccc21. The van der Waals surface area contributed by atoms with Crippen LogP contribution in [0.25, 0.3) is 22.7 Å². The van der Waals surface area contributed by atoms with Crippen molar-refractivity contribution in [1.29, 1.82) is 0 Å². The molecule has 4 nitrogen and oxygen atoms in total. The quantitative estimate of drug-likeness (QED) is 0.360. The number of aromatic nitrogens is 1. The third-order valence-corrected chi connectivity index (χ3v) is 5.75. The number of para-hydroxylation sites is 1. The molecule has 4 rings (SSSR count). The molecule has 0 fully saturated rings. The molecule has 0 saturated heterocycles. The first-order valence-corrected chi connectivity index (χ1v) is 11.0. The Bertz CT molecular complexity index is 1150. The molecule has 0 bridgehead atoms. The number of fused-ring (bicyclic) bond motifs is 2. The molecular weight excluding hydrogens is 384 g/mol. The maximum absolute atomic E-state index is 6.07. The highest BCUT2D eigenvalue weighted by molar-refractivity contribution is 5.92. The highest BCUT2D eigenvalue weighted by Crippen LogP contribution is 2.37. The third-order valence-electron chi connectivity index (χ3n) is 5.75. The van der Waals surface area contributed by atoms with Crippen LogP contribution < -0.4 is 14.2 Å². The molecule has 160 valence electrons. The highest BCUT2D eigenvalue weighted by Gasteiger charge is 2.24. The molecule has 0 amide bonds.